The van der Waals surface area contributed by atoms with Crippen LogP contribution in [-0.4, -0.2) is 25.0 Å². The largest absolute Gasteiger partial charge is 0.370 e. The van der Waals surface area contributed by atoms with Crippen molar-refractivity contribution in [2.45, 2.75) is 45.1 Å². The number of carbonyl (C=O) groups is 1. The number of anilines is 2. The highest BCUT2D eigenvalue weighted by atomic mass is 16.2. The summed E-state index contributed by atoms with van der Waals surface area (Å²) in [5, 5.41) is 2.99. The number of amides is 1. The van der Waals surface area contributed by atoms with Crippen LogP contribution in [0.25, 0.3) is 0 Å². The second-order valence-corrected chi connectivity index (χ2v) is 5.45. The molecule has 1 aliphatic heterocycles. The maximum atomic E-state index is 12.1. The summed E-state index contributed by atoms with van der Waals surface area (Å²) >= 11 is 0. The van der Waals surface area contributed by atoms with Crippen molar-refractivity contribution in [1.82, 2.24) is 0 Å². The number of nitrogens with zero attached hydrogens (tertiary/aromatic N) is 1. The van der Waals surface area contributed by atoms with E-state index in [1.807, 2.05) is 18.2 Å². The molecule has 1 heterocycles. The van der Waals surface area contributed by atoms with Gasteiger partial charge in [-0.05, 0) is 31.4 Å². The number of carbonyl (C=O) groups excluding carboxylic acids is 1. The van der Waals surface area contributed by atoms with Crippen LogP contribution >= 0.6 is 0 Å². The zero-order valence-electron chi connectivity index (χ0n) is 12.3. The molecule has 110 valence electrons. The molecule has 3 N–H and O–H groups in total. The molecule has 1 amide bonds. The van der Waals surface area contributed by atoms with Gasteiger partial charge in [-0.1, -0.05) is 31.9 Å². The van der Waals surface area contributed by atoms with Crippen molar-refractivity contribution in [3.63, 3.8) is 0 Å². The third kappa shape index (κ3) is 3.73. The number of nitrogens with two attached hydrogens (primary N) is 1. The summed E-state index contributed by atoms with van der Waals surface area (Å²) < 4.78 is 0. The first kappa shape index (κ1) is 14.9. The van der Waals surface area contributed by atoms with E-state index in [0.717, 1.165) is 43.7 Å². The predicted molar refractivity (Wildman–Crippen MR) is 84.0 cm³/mol. The Kier molecular flexibility index (Phi) is 5.41. The molecule has 2 rings (SSSR count). The molecule has 4 heteroatoms. The molecule has 1 aromatic rings. The van der Waals surface area contributed by atoms with Crippen molar-refractivity contribution in [1.29, 1.82) is 0 Å². The van der Waals surface area contributed by atoms with Gasteiger partial charge in [0, 0.05) is 13.1 Å². The molecular weight excluding hydrogens is 250 g/mol. The van der Waals surface area contributed by atoms with Crippen LogP contribution in [-0.2, 0) is 4.79 Å². The van der Waals surface area contributed by atoms with Gasteiger partial charge in [0.25, 0.3) is 0 Å². The van der Waals surface area contributed by atoms with Crippen LogP contribution in [0.15, 0.2) is 24.3 Å². The van der Waals surface area contributed by atoms with E-state index in [0.29, 0.717) is 0 Å². The summed E-state index contributed by atoms with van der Waals surface area (Å²) in [5.74, 6) is -0.0786. The average Bonchev–Trinajstić information content (AvgIpc) is 2.99. The predicted octanol–water partition coefficient (Wildman–Crippen LogP) is 2.74. The number of para-hydroxylation sites is 2. The minimum atomic E-state index is -0.415. The molecule has 4 nitrogen and oxygen atoms in total. The van der Waals surface area contributed by atoms with E-state index in [1.54, 1.807) is 0 Å². The lowest BCUT2D eigenvalue weighted by molar-refractivity contribution is -0.117. The first-order chi connectivity index (χ1) is 9.72. The van der Waals surface area contributed by atoms with E-state index in [9.17, 15) is 4.79 Å². The first-order valence-corrected chi connectivity index (χ1v) is 7.62. The SMILES string of the molecule is CCCCC(N)C(=O)Nc1ccccc1N1CCCC1. The third-order valence-electron chi connectivity index (χ3n) is 3.81. The summed E-state index contributed by atoms with van der Waals surface area (Å²) in [6, 6.07) is 7.57. The van der Waals surface area contributed by atoms with E-state index in [4.69, 9.17) is 5.73 Å². The van der Waals surface area contributed by atoms with Crippen LogP contribution in [0.2, 0.25) is 0 Å². The van der Waals surface area contributed by atoms with Crippen molar-refractivity contribution in [3.8, 4) is 0 Å². The molecule has 1 aliphatic rings. The van der Waals surface area contributed by atoms with Gasteiger partial charge < -0.3 is 16.0 Å². The lowest BCUT2D eigenvalue weighted by Crippen LogP contribution is -2.36. The van der Waals surface area contributed by atoms with E-state index in [-0.39, 0.29) is 5.91 Å². The van der Waals surface area contributed by atoms with Crippen molar-refractivity contribution in [2.75, 3.05) is 23.3 Å². The second kappa shape index (κ2) is 7.29. The van der Waals surface area contributed by atoms with Crippen LogP contribution in [0.3, 0.4) is 0 Å². The zero-order valence-corrected chi connectivity index (χ0v) is 12.3. The fourth-order valence-corrected chi connectivity index (χ4v) is 2.59. The summed E-state index contributed by atoms with van der Waals surface area (Å²) in [6.45, 7) is 4.23. The maximum absolute atomic E-state index is 12.1. The van der Waals surface area contributed by atoms with Gasteiger partial charge in [0.05, 0.1) is 17.4 Å². The van der Waals surface area contributed by atoms with Gasteiger partial charge in [0.2, 0.25) is 5.91 Å². The van der Waals surface area contributed by atoms with E-state index in [1.165, 1.54) is 12.8 Å². The summed E-state index contributed by atoms with van der Waals surface area (Å²) in [6.07, 6.45) is 5.23. The zero-order chi connectivity index (χ0) is 14.4. The normalized spacial score (nSPS) is 16.2. The summed E-state index contributed by atoms with van der Waals surface area (Å²) in [4.78, 5) is 14.5. The molecule has 0 saturated carbocycles. The van der Waals surface area contributed by atoms with E-state index in [2.05, 4.69) is 23.2 Å². The Labute approximate surface area is 121 Å². The minimum absolute atomic E-state index is 0.0786. The number of hydrogen-bond donors (Lipinski definition) is 2. The third-order valence-corrected chi connectivity index (χ3v) is 3.81. The fourth-order valence-electron chi connectivity index (χ4n) is 2.59. The highest BCUT2D eigenvalue weighted by Gasteiger charge is 2.18. The van der Waals surface area contributed by atoms with Crippen molar-refractivity contribution < 1.29 is 4.79 Å². The van der Waals surface area contributed by atoms with Gasteiger partial charge in [0.15, 0.2) is 0 Å². The van der Waals surface area contributed by atoms with Crippen LogP contribution in [0.1, 0.15) is 39.0 Å². The van der Waals surface area contributed by atoms with Crippen LogP contribution < -0.4 is 16.0 Å². The standard InChI is InChI=1S/C16H25N3O/c1-2-3-8-13(17)16(20)18-14-9-4-5-10-15(14)19-11-6-7-12-19/h4-5,9-10,13H,2-3,6-8,11-12,17H2,1H3,(H,18,20). The highest BCUT2D eigenvalue weighted by molar-refractivity contribution is 5.97. The van der Waals surface area contributed by atoms with Crippen molar-refractivity contribution >= 4 is 17.3 Å². The molecular formula is C16H25N3O. The quantitative estimate of drug-likeness (QED) is 0.839. The number of unbranched alkanes of at least 4 members (excludes halogenated alkanes) is 1. The smallest absolute Gasteiger partial charge is 0.241 e. The molecule has 0 spiro atoms. The Balaban J connectivity index is 2.03. The average molecular weight is 275 g/mol. The second-order valence-electron chi connectivity index (χ2n) is 5.45. The molecule has 1 fully saturated rings. The van der Waals surface area contributed by atoms with Gasteiger partial charge in [-0.15, -0.1) is 0 Å². The van der Waals surface area contributed by atoms with Crippen LogP contribution in [0, 0.1) is 0 Å². The van der Waals surface area contributed by atoms with Gasteiger partial charge >= 0.3 is 0 Å². The lowest BCUT2D eigenvalue weighted by Gasteiger charge is -2.22. The first-order valence-electron chi connectivity index (χ1n) is 7.62. The molecule has 0 radical (unpaired) electrons. The lowest BCUT2D eigenvalue weighted by atomic mass is 10.1. The Hall–Kier alpha value is -1.55. The molecule has 1 aromatic carbocycles. The minimum Gasteiger partial charge on any atom is -0.370 e. The number of benzene rings is 1. The Morgan fingerprint density at radius 3 is 2.75 bits per heavy atom. The fraction of sp³-hybridized carbons (Fsp3) is 0.562. The molecule has 0 aromatic heterocycles. The maximum Gasteiger partial charge on any atom is 0.241 e. The molecule has 20 heavy (non-hydrogen) atoms. The molecule has 1 saturated heterocycles. The van der Waals surface area contributed by atoms with Gasteiger partial charge in [0.1, 0.15) is 0 Å². The Bertz CT molecular complexity index is 441. The van der Waals surface area contributed by atoms with Gasteiger partial charge in [-0.2, -0.15) is 0 Å². The summed E-state index contributed by atoms with van der Waals surface area (Å²) in [5.41, 5.74) is 7.92. The highest BCUT2D eigenvalue weighted by Crippen LogP contribution is 2.28. The van der Waals surface area contributed by atoms with E-state index >= 15 is 0 Å². The van der Waals surface area contributed by atoms with Crippen LogP contribution in [0.5, 0.6) is 0 Å². The van der Waals surface area contributed by atoms with Crippen LogP contribution in [0.4, 0.5) is 11.4 Å². The monoisotopic (exact) mass is 275 g/mol. The number of hydrogen-bond acceptors (Lipinski definition) is 3. The molecule has 1 unspecified atom stereocenters. The molecule has 0 aliphatic carbocycles. The van der Waals surface area contributed by atoms with Crippen molar-refractivity contribution in [3.05, 3.63) is 24.3 Å². The molecule has 0 bridgehead atoms. The topological polar surface area (TPSA) is 58.4 Å². The summed E-state index contributed by atoms with van der Waals surface area (Å²) in [7, 11) is 0. The number of nitrogens with one attached hydrogen (secondary N) is 1. The van der Waals surface area contributed by atoms with E-state index < -0.39 is 6.04 Å². The van der Waals surface area contributed by atoms with Gasteiger partial charge in [-0.3, -0.25) is 4.79 Å². The Morgan fingerprint density at radius 2 is 2.05 bits per heavy atom. The Morgan fingerprint density at radius 1 is 1.35 bits per heavy atom. The van der Waals surface area contributed by atoms with Gasteiger partial charge in [-0.25, -0.2) is 0 Å². The molecule has 1 atom stereocenters. The number of rotatable bonds is 6. The van der Waals surface area contributed by atoms with Crippen molar-refractivity contribution in [2.24, 2.45) is 5.73 Å².